The van der Waals surface area contributed by atoms with Crippen molar-refractivity contribution in [3.05, 3.63) is 28.7 Å². The number of hydrogen-bond acceptors (Lipinski definition) is 5. The number of sulfonamides is 1. The SMILES string of the molecule is CCN(N=O)S(=O)(=O)c1cccc(C)c1O. The first-order chi connectivity index (χ1) is 7.45. The average molecular weight is 244 g/mol. The number of hydrogen-bond donors (Lipinski definition) is 1. The van der Waals surface area contributed by atoms with Gasteiger partial charge in [-0.15, -0.1) is 4.91 Å². The molecule has 0 saturated heterocycles. The maximum Gasteiger partial charge on any atom is 0.285 e. The van der Waals surface area contributed by atoms with Crippen LogP contribution in [0.25, 0.3) is 0 Å². The van der Waals surface area contributed by atoms with Crippen LogP contribution in [0.15, 0.2) is 28.4 Å². The van der Waals surface area contributed by atoms with E-state index in [1.807, 2.05) is 0 Å². The van der Waals surface area contributed by atoms with Crippen LogP contribution in [0.4, 0.5) is 0 Å². The van der Waals surface area contributed by atoms with E-state index < -0.39 is 10.0 Å². The first-order valence-corrected chi connectivity index (χ1v) is 6.03. The quantitative estimate of drug-likeness (QED) is 0.640. The van der Waals surface area contributed by atoms with Crippen LogP contribution in [0.2, 0.25) is 0 Å². The fourth-order valence-electron chi connectivity index (χ4n) is 1.23. The van der Waals surface area contributed by atoms with E-state index in [4.69, 9.17) is 0 Å². The molecular weight excluding hydrogens is 232 g/mol. The molecule has 0 amide bonds. The first kappa shape index (κ1) is 12.4. The minimum absolute atomic E-state index is 0.0841. The lowest BCUT2D eigenvalue weighted by Gasteiger charge is -2.14. The van der Waals surface area contributed by atoms with Crippen molar-refractivity contribution in [1.82, 2.24) is 4.41 Å². The molecule has 16 heavy (non-hydrogen) atoms. The number of para-hydroxylation sites is 1. The highest BCUT2D eigenvalue weighted by Crippen LogP contribution is 2.28. The lowest BCUT2D eigenvalue weighted by Crippen LogP contribution is -2.25. The van der Waals surface area contributed by atoms with Gasteiger partial charge in [0.05, 0.1) is 11.8 Å². The Balaban J connectivity index is 3.38. The van der Waals surface area contributed by atoms with Gasteiger partial charge in [0, 0.05) is 0 Å². The third-order valence-corrected chi connectivity index (χ3v) is 3.88. The Morgan fingerprint density at radius 3 is 2.56 bits per heavy atom. The minimum Gasteiger partial charge on any atom is -0.506 e. The molecule has 0 heterocycles. The van der Waals surface area contributed by atoms with Gasteiger partial charge >= 0.3 is 0 Å². The number of aromatic hydroxyl groups is 1. The Kier molecular flexibility index (Phi) is 3.48. The van der Waals surface area contributed by atoms with Crippen molar-refractivity contribution in [3.63, 3.8) is 0 Å². The summed E-state index contributed by atoms with van der Waals surface area (Å²) in [6.07, 6.45) is 0. The van der Waals surface area contributed by atoms with E-state index in [1.165, 1.54) is 19.1 Å². The van der Waals surface area contributed by atoms with Crippen LogP contribution in [0.3, 0.4) is 0 Å². The van der Waals surface area contributed by atoms with Crippen LogP contribution in [-0.4, -0.2) is 24.5 Å². The van der Waals surface area contributed by atoms with Crippen LogP contribution in [0, 0.1) is 11.8 Å². The highest BCUT2D eigenvalue weighted by Gasteiger charge is 2.26. The monoisotopic (exact) mass is 244 g/mol. The summed E-state index contributed by atoms with van der Waals surface area (Å²) in [7, 11) is -4.05. The third kappa shape index (κ3) is 1.99. The standard InChI is InChI=1S/C9H12N2O4S/c1-3-11(10-13)16(14,15)8-6-4-5-7(2)9(8)12/h4-6,12H,3H2,1-2H3. The molecule has 1 rings (SSSR count). The molecule has 0 bridgehead atoms. The van der Waals surface area contributed by atoms with E-state index in [9.17, 15) is 18.4 Å². The van der Waals surface area contributed by atoms with Crippen molar-refractivity contribution in [2.24, 2.45) is 5.29 Å². The predicted molar refractivity (Wildman–Crippen MR) is 58.2 cm³/mol. The van der Waals surface area contributed by atoms with Gasteiger partial charge in [-0.3, -0.25) is 0 Å². The fraction of sp³-hybridized carbons (Fsp3) is 0.333. The van der Waals surface area contributed by atoms with Crippen LogP contribution in [0.5, 0.6) is 5.75 Å². The summed E-state index contributed by atoms with van der Waals surface area (Å²) in [5, 5.41) is 12.0. The largest absolute Gasteiger partial charge is 0.506 e. The molecule has 88 valence electrons. The van der Waals surface area contributed by atoms with E-state index in [0.29, 0.717) is 9.98 Å². The lowest BCUT2D eigenvalue weighted by molar-refractivity contribution is 0.426. The molecule has 0 fully saturated rings. The van der Waals surface area contributed by atoms with E-state index in [1.54, 1.807) is 13.0 Å². The van der Waals surface area contributed by atoms with Gasteiger partial charge < -0.3 is 5.11 Å². The highest BCUT2D eigenvalue weighted by molar-refractivity contribution is 7.89. The second-order valence-electron chi connectivity index (χ2n) is 3.15. The topological polar surface area (TPSA) is 87.0 Å². The van der Waals surface area contributed by atoms with Gasteiger partial charge in [-0.25, -0.2) is 0 Å². The number of phenolic OH excluding ortho intramolecular Hbond substituents is 1. The normalized spacial score (nSPS) is 11.1. The van der Waals surface area contributed by atoms with E-state index in [0.717, 1.165) is 0 Å². The molecule has 1 aromatic carbocycles. The Morgan fingerprint density at radius 1 is 1.44 bits per heavy atom. The molecule has 0 aliphatic carbocycles. The molecule has 0 unspecified atom stereocenters. The van der Waals surface area contributed by atoms with Gasteiger partial charge in [-0.2, -0.15) is 12.8 Å². The summed E-state index contributed by atoms with van der Waals surface area (Å²) in [6.45, 7) is 2.96. The predicted octanol–water partition coefficient (Wildman–Crippen LogP) is 1.39. The molecular formula is C9H12N2O4S. The Labute approximate surface area is 93.5 Å². The van der Waals surface area contributed by atoms with Gasteiger partial charge in [0.1, 0.15) is 10.6 Å². The van der Waals surface area contributed by atoms with Crippen molar-refractivity contribution >= 4 is 10.0 Å². The number of benzene rings is 1. The van der Waals surface area contributed by atoms with Crippen LogP contribution in [-0.2, 0) is 10.0 Å². The van der Waals surface area contributed by atoms with Crippen molar-refractivity contribution in [2.75, 3.05) is 6.54 Å². The second kappa shape index (κ2) is 4.48. The second-order valence-corrected chi connectivity index (χ2v) is 4.96. The Hall–Kier alpha value is -1.63. The zero-order valence-corrected chi connectivity index (χ0v) is 9.73. The highest BCUT2D eigenvalue weighted by atomic mass is 32.2. The maximum absolute atomic E-state index is 11.8. The number of aryl methyl sites for hydroxylation is 1. The molecule has 0 aliphatic heterocycles. The van der Waals surface area contributed by atoms with Gasteiger partial charge in [0.15, 0.2) is 0 Å². The minimum atomic E-state index is -4.05. The third-order valence-electron chi connectivity index (χ3n) is 2.12. The number of phenols is 1. The summed E-state index contributed by atoms with van der Waals surface area (Å²) in [4.78, 5) is 10.1. The molecule has 1 aromatic rings. The van der Waals surface area contributed by atoms with Gasteiger partial charge in [-0.1, -0.05) is 12.1 Å². The molecule has 0 radical (unpaired) electrons. The fourth-order valence-corrected chi connectivity index (χ4v) is 2.54. The molecule has 1 N–H and O–H groups in total. The van der Waals surface area contributed by atoms with E-state index in [2.05, 4.69) is 5.29 Å². The van der Waals surface area contributed by atoms with Crippen molar-refractivity contribution in [3.8, 4) is 5.75 Å². The number of rotatable bonds is 4. The molecule has 0 spiro atoms. The van der Waals surface area contributed by atoms with Crippen molar-refractivity contribution in [1.29, 1.82) is 0 Å². The molecule has 7 heteroatoms. The number of nitrogens with zero attached hydrogens (tertiary/aromatic N) is 2. The lowest BCUT2D eigenvalue weighted by atomic mass is 10.2. The van der Waals surface area contributed by atoms with Crippen molar-refractivity contribution < 1.29 is 13.5 Å². The van der Waals surface area contributed by atoms with Crippen LogP contribution < -0.4 is 0 Å². The smallest absolute Gasteiger partial charge is 0.285 e. The summed E-state index contributed by atoms with van der Waals surface area (Å²) in [5.74, 6) is -0.357. The summed E-state index contributed by atoms with van der Waals surface area (Å²) < 4.78 is 24.1. The van der Waals surface area contributed by atoms with E-state index in [-0.39, 0.29) is 17.2 Å². The van der Waals surface area contributed by atoms with Gasteiger partial charge in [-0.05, 0) is 25.5 Å². The summed E-state index contributed by atoms with van der Waals surface area (Å²) >= 11 is 0. The molecule has 6 nitrogen and oxygen atoms in total. The molecule has 0 atom stereocenters. The number of nitroso groups, excluding NO2 is 1. The van der Waals surface area contributed by atoms with Gasteiger partial charge in [0.2, 0.25) is 0 Å². The van der Waals surface area contributed by atoms with E-state index >= 15 is 0 Å². The zero-order chi connectivity index (χ0) is 12.3. The average Bonchev–Trinajstić information content (AvgIpc) is 2.23. The summed E-state index contributed by atoms with van der Waals surface area (Å²) in [6, 6.07) is 4.28. The molecule has 0 aromatic heterocycles. The van der Waals surface area contributed by atoms with Crippen LogP contribution >= 0.6 is 0 Å². The summed E-state index contributed by atoms with van der Waals surface area (Å²) in [5.41, 5.74) is 0.419. The zero-order valence-electron chi connectivity index (χ0n) is 8.91. The Morgan fingerprint density at radius 2 is 2.06 bits per heavy atom. The maximum atomic E-state index is 11.8. The first-order valence-electron chi connectivity index (χ1n) is 4.59. The molecule has 0 aliphatic rings. The van der Waals surface area contributed by atoms with Gasteiger partial charge in [0.25, 0.3) is 10.0 Å². The molecule has 0 saturated carbocycles. The van der Waals surface area contributed by atoms with Crippen molar-refractivity contribution in [2.45, 2.75) is 18.7 Å². The Bertz CT molecular complexity index is 498. The van der Waals surface area contributed by atoms with Crippen LogP contribution in [0.1, 0.15) is 12.5 Å².